The zero-order valence-corrected chi connectivity index (χ0v) is 21.0. The molecule has 0 spiro atoms. The Morgan fingerprint density at radius 1 is 0.941 bits per heavy atom. The maximum atomic E-state index is 12.5. The van der Waals surface area contributed by atoms with E-state index in [0.29, 0.717) is 17.9 Å². The molecule has 0 atom stereocenters. The fourth-order valence-corrected chi connectivity index (χ4v) is 4.66. The summed E-state index contributed by atoms with van der Waals surface area (Å²) in [6, 6.07) is 16.1. The maximum Gasteiger partial charge on any atom is 0.290 e. The molecule has 1 N–H and O–H groups in total. The number of hydrogen-bond acceptors (Lipinski definition) is 4. The highest BCUT2D eigenvalue weighted by Crippen LogP contribution is 2.27. The SMILES string of the molecule is CCCCCCCCCC(=O)N(C)Cc1cccc(-c2ccc(C=C3SC(=O)NC3=O)cc2)c1. The Labute approximate surface area is 207 Å². The minimum atomic E-state index is -0.350. The number of unbranched alkanes of at least 4 members (excludes halogenated alkanes) is 6. The van der Waals surface area contributed by atoms with Crippen LogP contribution >= 0.6 is 11.8 Å². The summed E-state index contributed by atoms with van der Waals surface area (Å²) in [7, 11) is 1.88. The van der Waals surface area contributed by atoms with Crippen molar-refractivity contribution in [2.45, 2.75) is 64.8 Å². The lowest BCUT2D eigenvalue weighted by Gasteiger charge is -2.18. The zero-order chi connectivity index (χ0) is 24.3. The molecule has 0 unspecified atom stereocenters. The number of nitrogens with zero attached hydrogens (tertiary/aromatic N) is 1. The fraction of sp³-hybridized carbons (Fsp3) is 0.393. The third-order valence-electron chi connectivity index (χ3n) is 5.95. The summed E-state index contributed by atoms with van der Waals surface area (Å²) in [6.07, 6.45) is 10.8. The van der Waals surface area contributed by atoms with Crippen molar-refractivity contribution < 1.29 is 14.4 Å². The van der Waals surface area contributed by atoms with Gasteiger partial charge in [-0.25, -0.2) is 0 Å². The average molecular weight is 479 g/mol. The van der Waals surface area contributed by atoms with Crippen molar-refractivity contribution in [1.82, 2.24) is 10.2 Å². The van der Waals surface area contributed by atoms with Crippen LogP contribution in [0, 0.1) is 0 Å². The van der Waals surface area contributed by atoms with E-state index in [4.69, 9.17) is 0 Å². The molecule has 34 heavy (non-hydrogen) atoms. The second-order valence-electron chi connectivity index (χ2n) is 8.80. The Morgan fingerprint density at radius 3 is 2.32 bits per heavy atom. The van der Waals surface area contributed by atoms with E-state index in [0.717, 1.165) is 46.9 Å². The van der Waals surface area contributed by atoms with Crippen molar-refractivity contribution in [3.05, 3.63) is 64.6 Å². The van der Waals surface area contributed by atoms with E-state index in [9.17, 15) is 14.4 Å². The lowest BCUT2D eigenvalue weighted by molar-refractivity contribution is -0.130. The van der Waals surface area contributed by atoms with Crippen molar-refractivity contribution in [1.29, 1.82) is 0 Å². The van der Waals surface area contributed by atoms with Gasteiger partial charge in [-0.05, 0) is 52.6 Å². The number of thioether (sulfide) groups is 1. The van der Waals surface area contributed by atoms with Crippen molar-refractivity contribution >= 4 is 34.9 Å². The molecule has 1 heterocycles. The minimum absolute atomic E-state index is 0.198. The molecule has 2 aromatic carbocycles. The first-order valence-corrected chi connectivity index (χ1v) is 13.0. The second-order valence-corrected chi connectivity index (χ2v) is 9.81. The number of carbonyl (C=O) groups is 3. The van der Waals surface area contributed by atoms with E-state index in [1.165, 1.54) is 32.1 Å². The van der Waals surface area contributed by atoms with Crippen LogP contribution in [0.15, 0.2) is 53.4 Å². The smallest absolute Gasteiger partial charge is 0.290 e. The molecule has 2 aromatic rings. The molecule has 1 saturated heterocycles. The van der Waals surface area contributed by atoms with Crippen molar-refractivity contribution in [3.8, 4) is 11.1 Å². The Morgan fingerprint density at radius 2 is 1.65 bits per heavy atom. The predicted octanol–water partition coefficient (Wildman–Crippen LogP) is 6.78. The number of amides is 3. The van der Waals surface area contributed by atoms with Crippen LogP contribution in [-0.4, -0.2) is 29.0 Å². The van der Waals surface area contributed by atoms with Gasteiger partial charge in [0.15, 0.2) is 0 Å². The summed E-state index contributed by atoms with van der Waals surface area (Å²) in [5, 5.41) is 1.93. The number of benzene rings is 2. The number of carbonyl (C=O) groups excluding carboxylic acids is 3. The van der Waals surface area contributed by atoms with Crippen LogP contribution in [0.25, 0.3) is 17.2 Å². The normalized spacial score (nSPS) is 14.5. The van der Waals surface area contributed by atoms with Crippen LogP contribution in [0.1, 0.15) is 69.4 Å². The van der Waals surface area contributed by atoms with Crippen molar-refractivity contribution in [2.75, 3.05) is 7.05 Å². The highest BCUT2D eigenvalue weighted by atomic mass is 32.2. The summed E-state index contributed by atoms with van der Waals surface area (Å²) < 4.78 is 0. The minimum Gasteiger partial charge on any atom is -0.341 e. The molecule has 5 nitrogen and oxygen atoms in total. The Kier molecular flexibility index (Phi) is 9.95. The molecular formula is C28H34N2O3S. The van der Waals surface area contributed by atoms with Gasteiger partial charge in [0, 0.05) is 20.0 Å². The third-order valence-corrected chi connectivity index (χ3v) is 6.76. The Balaban J connectivity index is 1.52. The van der Waals surface area contributed by atoms with E-state index in [-0.39, 0.29) is 17.1 Å². The van der Waals surface area contributed by atoms with Crippen LogP contribution in [0.3, 0.4) is 0 Å². The van der Waals surface area contributed by atoms with Crippen LogP contribution in [0.5, 0.6) is 0 Å². The molecule has 1 aliphatic rings. The highest BCUT2D eigenvalue weighted by Gasteiger charge is 2.24. The highest BCUT2D eigenvalue weighted by molar-refractivity contribution is 8.18. The van der Waals surface area contributed by atoms with E-state index in [1.54, 1.807) is 6.08 Å². The molecule has 0 aliphatic carbocycles. The average Bonchev–Trinajstić information content (AvgIpc) is 3.15. The van der Waals surface area contributed by atoms with Gasteiger partial charge in [-0.3, -0.25) is 19.7 Å². The Hall–Kier alpha value is -2.86. The summed E-state index contributed by atoms with van der Waals surface area (Å²) in [5.41, 5.74) is 4.09. The summed E-state index contributed by atoms with van der Waals surface area (Å²) in [5.74, 6) is -0.152. The summed E-state index contributed by atoms with van der Waals surface area (Å²) in [4.78, 5) is 37.8. The molecule has 3 rings (SSSR count). The van der Waals surface area contributed by atoms with E-state index < -0.39 is 0 Å². The van der Waals surface area contributed by atoms with E-state index >= 15 is 0 Å². The van der Waals surface area contributed by atoms with Gasteiger partial charge >= 0.3 is 0 Å². The molecule has 180 valence electrons. The number of hydrogen-bond donors (Lipinski definition) is 1. The van der Waals surface area contributed by atoms with Gasteiger partial charge in [0.05, 0.1) is 4.91 Å². The second kappa shape index (κ2) is 13.1. The fourth-order valence-electron chi connectivity index (χ4n) is 3.98. The van der Waals surface area contributed by atoms with Gasteiger partial charge in [0.1, 0.15) is 0 Å². The van der Waals surface area contributed by atoms with Gasteiger partial charge < -0.3 is 4.90 Å². The molecule has 0 radical (unpaired) electrons. The monoisotopic (exact) mass is 478 g/mol. The molecule has 1 aliphatic heterocycles. The molecule has 0 saturated carbocycles. The van der Waals surface area contributed by atoms with E-state index in [2.05, 4.69) is 24.4 Å². The number of nitrogens with one attached hydrogen (secondary N) is 1. The number of rotatable bonds is 12. The summed E-state index contributed by atoms with van der Waals surface area (Å²) >= 11 is 0.918. The Bertz CT molecular complexity index is 1030. The maximum absolute atomic E-state index is 12.5. The molecule has 0 aromatic heterocycles. The largest absolute Gasteiger partial charge is 0.341 e. The van der Waals surface area contributed by atoms with Gasteiger partial charge in [-0.15, -0.1) is 0 Å². The van der Waals surface area contributed by atoms with Gasteiger partial charge in [0.25, 0.3) is 11.1 Å². The van der Waals surface area contributed by atoms with Gasteiger partial charge in [-0.1, -0.05) is 87.9 Å². The molecule has 6 heteroatoms. The first-order valence-electron chi connectivity index (χ1n) is 12.1. The molecule has 1 fully saturated rings. The third kappa shape index (κ3) is 7.87. The molecule has 3 amide bonds. The topological polar surface area (TPSA) is 66.5 Å². The molecular weight excluding hydrogens is 444 g/mol. The zero-order valence-electron chi connectivity index (χ0n) is 20.1. The van der Waals surface area contributed by atoms with Crippen molar-refractivity contribution in [3.63, 3.8) is 0 Å². The van der Waals surface area contributed by atoms with Gasteiger partial charge in [-0.2, -0.15) is 0 Å². The van der Waals surface area contributed by atoms with Crippen molar-refractivity contribution in [2.24, 2.45) is 0 Å². The van der Waals surface area contributed by atoms with Crippen LogP contribution in [-0.2, 0) is 16.1 Å². The standard InChI is InChI=1S/C28H34N2O3S/c1-3-4-5-6-7-8-9-13-26(31)30(2)20-22-11-10-12-24(18-22)23-16-14-21(15-17-23)19-25-27(32)29-28(33)34-25/h10-12,14-19H,3-9,13,20H2,1-2H3,(H,29,32,33). The quantitative estimate of drug-likeness (QED) is 0.270. The summed E-state index contributed by atoms with van der Waals surface area (Å²) in [6.45, 7) is 2.82. The first kappa shape index (κ1) is 25.8. The first-order chi connectivity index (χ1) is 16.5. The van der Waals surface area contributed by atoms with Crippen LogP contribution in [0.2, 0.25) is 0 Å². The molecule has 0 bridgehead atoms. The van der Waals surface area contributed by atoms with Gasteiger partial charge in [0.2, 0.25) is 5.91 Å². The lowest BCUT2D eigenvalue weighted by Crippen LogP contribution is -2.25. The predicted molar refractivity (Wildman–Crippen MR) is 140 cm³/mol. The number of imide groups is 1. The lowest BCUT2D eigenvalue weighted by atomic mass is 10.0. The van der Waals surface area contributed by atoms with E-state index in [1.807, 2.05) is 48.3 Å². The van der Waals surface area contributed by atoms with Crippen LogP contribution < -0.4 is 5.32 Å². The van der Waals surface area contributed by atoms with Crippen LogP contribution in [0.4, 0.5) is 4.79 Å².